The van der Waals surface area contributed by atoms with Crippen LogP contribution < -0.4 is 0 Å². The minimum atomic E-state index is 0.0418. The molecule has 0 spiro atoms. The van der Waals surface area contributed by atoms with Crippen LogP contribution in [-0.2, 0) is 13.0 Å². The molecule has 2 aromatic heterocycles. The molecule has 3 rings (SSSR count). The number of hydrogen-bond acceptors (Lipinski definition) is 5. The van der Waals surface area contributed by atoms with Gasteiger partial charge in [-0.1, -0.05) is 13.8 Å². The highest BCUT2D eigenvalue weighted by molar-refractivity contribution is 5.08. The lowest BCUT2D eigenvalue weighted by atomic mass is 9.94. The summed E-state index contributed by atoms with van der Waals surface area (Å²) < 4.78 is 4.04. The zero-order chi connectivity index (χ0) is 18.7. The number of imidazole rings is 1. The molecular formula is C19H32N6O. The van der Waals surface area contributed by atoms with Gasteiger partial charge in [-0.05, 0) is 45.8 Å². The van der Waals surface area contributed by atoms with Crippen LogP contribution in [0.5, 0.6) is 0 Å². The van der Waals surface area contributed by atoms with E-state index in [0.29, 0.717) is 18.4 Å². The van der Waals surface area contributed by atoms with Crippen LogP contribution in [-0.4, -0.2) is 61.1 Å². The van der Waals surface area contributed by atoms with Gasteiger partial charge in [-0.3, -0.25) is 0 Å². The number of rotatable bonds is 7. The van der Waals surface area contributed by atoms with E-state index in [-0.39, 0.29) is 12.6 Å². The average molecular weight is 361 g/mol. The Balaban J connectivity index is 1.81. The summed E-state index contributed by atoms with van der Waals surface area (Å²) in [5.41, 5.74) is 0. The van der Waals surface area contributed by atoms with E-state index in [1.165, 1.54) is 12.8 Å². The van der Waals surface area contributed by atoms with Crippen LogP contribution in [0, 0.1) is 5.92 Å². The van der Waals surface area contributed by atoms with Crippen molar-refractivity contribution in [1.82, 2.24) is 29.2 Å². The van der Waals surface area contributed by atoms with Crippen molar-refractivity contribution in [2.24, 2.45) is 5.92 Å². The lowest BCUT2D eigenvalue weighted by molar-refractivity contribution is 0.217. The molecule has 3 heterocycles. The highest BCUT2D eigenvalue weighted by atomic mass is 16.3. The van der Waals surface area contributed by atoms with Gasteiger partial charge in [0.2, 0.25) is 0 Å². The Kier molecular flexibility index (Phi) is 6.09. The molecule has 7 heteroatoms. The summed E-state index contributed by atoms with van der Waals surface area (Å²) >= 11 is 0. The summed E-state index contributed by atoms with van der Waals surface area (Å²) in [6.07, 6.45) is 7.18. The second kappa shape index (κ2) is 8.31. The van der Waals surface area contributed by atoms with E-state index in [9.17, 15) is 5.11 Å². The highest BCUT2D eigenvalue weighted by Crippen LogP contribution is 2.24. The fourth-order valence-electron chi connectivity index (χ4n) is 3.81. The fraction of sp³-hybridized carbons (Fsp3) is 0.737. The van der Waals surface area contributed by atoms with Crippen LogP contribution in [0.2, 0.25) is 0 Å². The van der Waals surface area contributed by atoms with Gasteiger partial charge in [0, 0.05) is 24.7 Å². The first-order valence-electron chi connectivity index (χ1n) is 9.75. The third-order valence-electron chi connectivity index (χ3n) is 5.37. The van der Waals surface area contributed by atoms with Gasteiger partial charge in [0.25, 0.3) is 0 Å². The molecule has 0 unspecified atom stereocenters. The van der Waals surface area contributed by atoms with E-state index in [4.69, 9.17) is 10.1 Å². The number of aliphatic hydroxyl groups excluding tert-OH is 1. The Bertz CT molecular complexity index is 699. The third kappa shape index (κ3) is 4.15. The van der Waals surface area contributed by atoms with Crippen molar-refractivity contribution in [3.05, 3.63) is 29.9 Å². The molecule has 26 heavy (non-hydrogen) atoms. The normalized spacial score (nSPS) is 17.9. The van der Waals surface area contributed by atoms with E-state index >= 15 is 0 Å². The molecule has 1 saturated heterocycles. The molecule has 1 aliphatic rings. The van der Waals surface area contributed by atoms with Gasteiger partial charge in [-0.25, -0.2) is 14.6 Å². The Hall–Kier alpha value is -1.73. The second-order valence-corrected chi connectivity index (χ2v) is 7.81. The second-order valence-electron chi connectivity index (χ2n) is 7.81. The number of piperidine rings is 1. The van der Waals surface area contributed by atoms with E-state index < -0.39 is 0 Å². The summed E-state index contributed by atoms with van der Waals surface area (Å²) in [6.45, 7) is 9.27. The minimum Gasteiger partial charge on any atom is -0.394 e. The average Bonchev–Trinajstić information content (AvgIpc) is 3.24. The maximum Gasteiger partial charge on any atom is 0.151 e. The highest BCUT2D eigenvalue weighted by Gasteiger charge is 2.23. The molecule has 0 radical (unpaired) electrons. The van der Waals surface area contributed by atoms with E-state index in [2.05, 4.69) is 42.3 Å². The van der Waals surface area contributed by atoms with Crippen LogP contribution in [0.3, 0.4) is 0 Å². The summed E-state index contributed by atoms with van der Waals surface area (Å²) in [6, 6.07) is 0.0418. The Morgan fingerprint density at radius 1 is 1.19 bits per heavy atom. The van der Waals surface area contributed by atoms with Gasteiger partial charge in [0.05, 0.1) is 19.2 Å². The molecule has 0 aromatic carbocycles. The summed E-state index contributed by atoms with van der Waals surface area (Å²) in [4.78, 5) is 11.8. The number of aromatic nitrogens is 5. The molecule has 7 nitrogen and oxygen atoms in total. The van der Waals surface area contributed by atoms with Gasteiger partial charge in [-0.2, -0.15) is 5.10 Å². The van der Waals surface area contributed by atoms with E-state index in [0.717, 1.165) is 37.0 Å². The first kappa shape index (κ1) is 19.0. The van der Waals surface area contributed by atoms with Crippen molar-refractivity contribution in [2.75, 3.05) is 26.7 Å². The standard InChI is InChI=1S/C19H32N6O/c1-14(2)18-20-7-10-24(18)15(3)19-21-17(22-25(19)11-12-26)13-16-5-8-23(4)9-6-16/h7,10,14-16,26H,5-6,8-9,11-13H2,1-4H3/t15-/m1/s1. The van der Waals surface area contributed by atoms with E-state index in [1.54, 1.807) is 0 Å². The summed E-state index contributed by atoms with van der Waals surface area (Å²) in [7, 11) is 2.18. The van der Waals surface area contributed by atoms with Crippen molar-refractivity contribution in [3.8, 4) is 0 Å². The molecule has 0 bridgehead atoms. The van der Waals surface area contributed by atoms with Gasteiger partial charge < -0.3 is 14.6 Å². The van der Waals surface area contributed by atoms with Crippen LogP contribution in [0.4, 0.5) is 0 Å². The molecule has 1 fully saturated rings. The van der Waals surface area contributed by atoms with Crippen molar-refractivity contribution in [1.29, 1.82) is 0 Å². The zero-order valence-electron chi connectivity index (χ0n) is 16.5. The SMILES string of the molecule is CC(C)c1nccn1[C@H](C)c1nc(CC2CCN(C)CC2)nn1CCO. The molecule has 1 aliphatic heterocycles. The number of likely N-dealkylation sites (tertiary alicyclic amines) is 1. The molecule has 1 atom stereocenters. The zero-order valence-corrected chi connectivity index (χ0v) is 16.5. The first-order valence-corrected chi connectivity index (χ1v) is 9.75. The molecule has 0 amide bonds. The molecule has 2 aromatic rings. The molecular weight excluding hydrogens is 328 g/mol. The van der Waals surface area contributed by atoms with Crippen LogP contribution in [0.1, 0.15) is 63.0 Å². The van der Waals surface area contributed by atoms with Gasteiger partial charge >= 0.3 is 0 Å². The number of nitrogens with zero attached hydrogens (tertiary/aromatic N) is 6. The third-order valence-corrected chi connectivity index (χ3v) is 5.37. The van der Waals surface area contributed by atoms with Crippen LogP contribution >= 0.6 is 0 Å². The number of hydrogen-bond donors (Lipinski definition) is 1. The first-order chi connectivity index (χ1) is 12.5. The summed E-state index contributed by atoms with van der Waals surface area (Å²) in [5.74, 6) is 3.86. The molecule has 0 aliphatic carbocycles. The lowest BCUT2D eigenvalue weighted by Gasteiger charge is -2.28. The smallest absolute Gasteiger partial charge is 0.151 e. The quantitative estimate of drug-likeness (QED) is 0.818. The summed E-state index contributed by atoms with van der Waals surface area (Å²) in [5, 5.41) is 14.2. The van der Waals surface area contributed by atoms with Gasteiger partial charge in [-0.15, -0.1) is 0 Å². The van der Waals surface area contributed by atoms with Crippen molar-refractivity contribution in [2.45, 2.75) is 58.5 Å². The van der Waals surface area contributed by atoms with E-state index in [1.807, 2.05) is 17.1 Å². The maximum atomic E-state index is 9.45. The van der Waals surface area contributed by atoms with Crippen molar-refractivity contribution >= 4 is 0 Å². The Morgan fingerprint density at radius 3 is 2.58 bits per heavy atom. The maximum absolute atomic E-state index is 9.45. The lowest BCUT2D eigenvalue weighted by Crippen LogP contribution is -2.31. The molecule has 1 N–H and O–H groups in total. The van der Waals surface area contributed by atoms with Crippen LogP contribution in [0.25, 0.3) is 0 Å². The van der Waals surface area contributed by atoms with Gasteiger partial charge in [0.1, 0.15) is 11.6 Å². The molecule has 144 valence electrons. The van der Waals surface area contributed by atoms with Crippen molar-refractivity contribution < 1.29 is 5.11 Å². The van der Waals surface area contributed by atoms with Crippen LogP contribution in [0.15, 0.2) is 12.4 Å². The Labute approximate surface area is 156 Å². The number of aliphatic hydroxyl groups is 1. The topological polar surface area (TPSA) is 72.0 Å². The monoisotopic (exact) mass is 360 g/mol. The minimum absolute atomic E-state index is 0.0418. The van der Waals surface area contributed by atoms with Gasteiger partial charge in [0.15, 0.2) is 5.82 Å². The molecule has 0 saturated carbocycles. The predicted octanol–water partition coefficient (Wildman–Crippen LogP) is 2.08. The predicted molar refractivity (Wildman–Crippen MR) is 101 cm³/mol. The Morgan fingerprint density at radius 2 is 1.92 bits per heavy atom. The largest absolute Gasteiger partial charge is 0.394 e. The van der Waals surface area contributed by atoms with Crippen molar-refractivity contribution in [3.63, 3.8) is 0 Å². The fourth-order valence-corrected chi connectivity index (χ4v) is 3.81.